The number of hydrogen-bond acceptors (Lipinski definition) is 6. The molecule has 1 heterocycles. The summed E-state index contributed by atoms with van der Waals surface area (Å²) in [6.07, 6.45) is 1.37. The summed E-state index contributed by atoms with van der Waals surface area (Å²) < 4.78 is 5.03. The van der Waals surface area contributed by atoms with Crippen molar-refractivity contribution in [1.82, 2.24) is 10.1 Å². The van der Waals surface area contributed by atoms with Crippen molar-refractivity contribution in [2.45, 2.75) is 12.8 Å². The molecule has 1 aromatic carbocycles. The summed E-state index contributed by atoms with van der Waals surface area (Å²) in [5.74, 6) is 0.840. The molecule has 0 saturated heterocycles. The second-order valence-corrected chi connectivity index (χ2v) is 3.71. The van der Waals surface area contributed by atoms with Gasteiger partial charge in [-0.05, 0) is 13.0 Å². The van der Waals surface area contributed by atoms with E-state index in [1.165, 1.54) is 12.1 Å². The molecule has 0 atom stereocenters. The van der Waals surface area contributed by atoms with E-state index in [2.05, 4.69) is 10.1 Å². The molecule has 2 aromatic rings. The molecule has 2 rings (SSSR count). The number of rotatable bonds is 5. The number of nitrogens with zero attached hydrogens (tertiary/aromatic N) is 3. The standard InChI is InChI=1S/C11H12N4O3/c12-6-2-5-10-13-11(14-18-10)8-3-1-4-9(7-8)15(16)17/h1,3-4,7H,2,5-6,12H2. The van der Waals surface area contributed by atoms with E-state index in [0.717, 1.165) is 6.42 Å². The number of benzene rings is 1. The van der Waals surface area contributed by atoms with Gasteiger partial charge in [-0.1, -0.05) is 17.3 Å². The van der Waals surface area contributed by atoms with E-state index in [9.17, 15) is 10.1 Å². The van der Waals surface area contributed by atoms with E-state index >= 15 is 0 Å². The highest BCUT2D eigenvalue weighted by molar-refractivity contribution is 5.58. The molecule has 0 aliphatic rings. The molecule has 0 aliphatic heterocycles. The second-order valence-electron chi connectivity index (χ2n) is 3.71. The van der Waals surface area contributed by atoms with Crippen LogP contribution in [-0.2, 0) is 6.42 Å². The van der Waals surface area contributed by atoms with Crippen LogP contribution in [0.15, 0.2) is 28.8 Å². The van der Waals surface area contributed by atoms with Gasteiger partial charge in [0.1, 0.15) is 0 Å². The number of aromatic nitrogens is 2. The summed E-state index contributed by atoms with van der Waals surface area (Å²) in [5, 5.41) is 14.4. The summed E-state index contributed by atoms with van der Waals surface area (Å²) in [4.78, 5) is 14.4. The van der Waals surface area contributed by atoms with E-state index in [-0.39, 0.29) is 5.69 Å². The van der Waals surface area contributed by atoms with Crippen LogP contribution in [-0.4, -0.2) is 21.6 Å². The number of nitrogens with two attached hydrogens (primary N) is 1. The Morgan fingerprint density at radius 1 is 1.44 bits per heavy atom. The van der Waals surface area contributed by atoms with Gasteiger partial charge in [-0.15, -0.1) is 0 Å². The maximum Gasteiger partial charge on any atom is 0.270 e. The van der Waals surface area contributed by atoms with Gasteiger partial charge < -0.3 is 10.3 Å². The lowest BCUT2D eigenvalue weighted by Crippen LogP contribution is -2.00. The molecule has 0 bridgehead atoms. The summed E-state index contributed by atoms with van der Waals surface area (Å²) >= 11 is 0. The molecule has 7 nitrogen and oxygen atoms in total. The Hall–Kier alpha value is -2.28. The van der Waals surface area contributed by atoms with Gasteiger partial charge in [-0.25, -0.2) is 0 Å². The van der Waals surface area contributed by atoms with Crippen LogP contribution >= 0.6 is 0 Å². The zero-order valence-electron chi connectivity index (χ0n) is 9.57. The minimum absolute atomic E-state index is 0.000748. The highest BCUT2D eigenvalue weighted by atomic mass is 16.6. The number of non-ortho nitro benzene ring substituents is 1. The predicted octanol–water partition coefficient (Wildman–Crippen LogP) is 1.54. The maximum absolute atomic E-state index is 10.7. The molecule has 0 unspecified atom stereocenters. The molecule has 0 radical (unpaired) electrons. The van der Waals surface area contributed by atoms with Crippen LogP contribution in [0.1, 0.15) is 12.3 Å². The monoisotopic (exact) mass is 248 g/mol. The van der Waals surface area contributed by atoms with Crippen LogP contribution in [0, 0.1) is 10.1 Å². The Kier molecular flexibility index (Phi) is 3.63. The first-order valence-electron chi connectivity index (χ1n) is 5.48. The molecular formula is C11H12N4O3. The first kappa shape index (κ1) is 12.2. The van der Waals surface area contributed by atoms with Crippen LogP contribution in [0.2, 0.25) is 0 Å². The lowest BCUT2D eigenvalue weighted by atomic mass is 10.2. The van der Waals surface area contributed by atoms with Crippen LogP contribution in [0.3, 0.4) is 0 Å². The minimum Gasteiger partial charge on any atom is -0.339 e. The van der Waals surface area contributed by atoms with Gasteiger partial charge >= 0.3 is 0 Å². The maximum atomic E-state index is 10.7. The van der Waals surface area contributed by atoms with Crippen molar-refractivity contribution < 1.29 is 9.45 Å². The molecule has 2 N–H and O–H groups in total. The zero-order chi connectivity index (χ0) is 13.0. The van der Waals surface area contributed by atoms with Gasteiger partial charge in [-0.2, -0.15) is 4.98 Å². The Morgan fingerprint density at radius 2 is 2.28 bits per heavy atom. The third kappa shape index (κ3) is 2.69. The van der Waals surface area contributed by atoms with Gasteiger partial charge in [-0.3, -0.25) is 10.1 Å². The molecule has 0 aliphatic carbocycles. The van der Waals surface area contributed by atoms with E-state index in [1.54, 1.807) is 12.1 Å². The largest absolute Gasteiger partial charge is 0.339 e. The Bertz CT molecular complexity index is 553. The lowest BCUT2D eigenvalue weighted by molar-refractivity contribution is -0.384. The van der Waals surface area contributed by atoms with Crippen molar-refractivity contribution >= 4 is 5.69 Å². The molecule has 7 heteroatoms. The van der Waals surface area contributed by atoms with Gasteiger partial charge in [0.25, 0.3) is 5.69 Å². The Labute approximate surface area is 103 Å². The number of nitro benzene ring substituents is 1. The average molecular weight is 248 g/mol. The predicted molar refractivity (Wildman–Crippen MR) is 63.8 cm³/mol. The van der Waals surface area contributed by atoms with E-state index < -0.39 is 4.92 Å². The van der Waals surface area contributed by atoms with Crippen molar-refractivity contribution in [2.24, 2.45) is 5.73 Å². The molecule has 0 spiro atoms. The van der Waals surface area contributed by atoms with E-state index in [4.69, 9.17) is 10.3 Å². The molecule has 18 heavy (non-hydrogen) atoms. The first-order chi connectivity index (χ1) is 8.70. The molecule has 0 saturated carbocycles. The smallest absolute Gasteiger partial charge is 0.270 e. The average Bonchev–Trinajstić information content (AvgIpc) is 2.85. The summed E-state index contributed by atoms with van der Waals surface area (Å²) in [6, 6.07) is 6.12. The summed E-state index contributed by atoms with van der Waals surface area (Å²) in [7, 11) is 0. The van der Waals surface area contributed by atoms with Crippen molar-refractivity contribution in [3.8, 4) is 11.4 Å². The highest BCUT2D eigenvalue weighted by Gasteiger charge is 2.12. The Morgan fingerprint density at radius 3 is 3.00 bits per heavy atom. The van der Waals surface area contributed by atoms with Crippen molar-refractivity contribution in [3.05, 3.63) is 40.3 Å². The fraction of sp³-hybridized carbons (Fsp3) is 0.273. The Balaban J connectivity index is 2.23. The third-order valence-corrected chi connectivity index (χ3v) is 2.38. The molecule has 0 fully saturated rings. The normalized spacial score (nSPS) is 10.5. The topological polar surface area (TPSA) is 108 Å². The third-order valence-electron chi connectivity index (χ3n) is 2.38. The molecule has 0 amide bonds. The van der Waals surface area contributed by atoms with Gasteiger partial charge in [0.2, 0.25) is 11.7 Å². The second kappa shape index (κ2) is 5.37. The fourth-order valence-electron chi connectivity index (χ4n) is 1.49. The quantitative estimate of drug-likeness (QED) is 0.635. The van der Waals surface area contributed by atoms with Crippen molar-refractivity contribution in [1.29, 1.82) is 0 Å². The van der Waals surface area contributed by atoms with Crippen LogP contribution in [0.4, 0.5) is 5.69 Å². The number of nitro groups is 1. The lowest BCUT2D eigenvalue weighted by Gasteiger charge is -1.94. The van der Waals surface area contributed by atoms with Gasteiger partial charge in [0, 0.05) is 24.1 Å². The molecule has 94 valence electrons. The van der Waals surface area contributed by atoms with Crippen LogP contribution in [0.25, 0.3) is 11.4 Å². The first-order valence-corrected chi connectivity index (χ1v) is 5.48. The fourth-order valence-corrected chi connectivity index (χ4v) is 1.49. The SMILES string of the molecule is NCCCc1nc(-c2cccc([N+](=O)[O-])c2)no1. The number of hydrogen-bond donors (Lipinski definition) is 1. The van der Waals surface area contributed by atoms with Gasteiger partial charge in [0.15, 0.2) is 0 Å². The van der Waals surface area contributed by atoms with Crippen molar-refractivity contribution in [2.75, 3.05) is 6.54 Å². The van der Waals surface area contributed by atoms with Crippen molar-refractivity contribution in [3.63, 3.8) is 0 Å². The highest BCUT2D eigenvalue weighted by Crippen LogP contribution is 2.21. The minimum atomic E-state index is -0.459. The van der Waals surface area contributed by atoms with Crippen LogP contribution in [0.5, 0.6) is 0 Å². The van der Waals surface area contributed by atoms with E-state index in [0.29, 0.717) is 30.2 Å². The molecule has 1 aromatic heterocycles. The molecular weight excluding hydrogens is 236 g/mol. The van der Waals surface area contributed by atoms with Gasteiger partial charge in [0.05, 0.1) is 4.92 Å². The summed E-state index contributed by atoms with van der Waals surface area (Å²) in [6.45, 7) is 0.550. The number of aryl methyl sites for hydroxylation is 1. The van der Waals surface area contributed by atoms with E-state index in [1.807, 2.05) is 0 Å². The van der Waals surface area contributed by atoms with Crippen LogP contribution < -0.4 is 5.73 Å². The zero-order valence-corrected chi connectivity index (χ0v) is 9.57. The summed E-state index contributed by atoms with van der Waals surface area (Å²) in [5.41, 5.74) is 5.95.